The predicted molar refractivity (Wildman–Crippen MR) is 74.2 cm³/mol. The van der Waals surface area contributed by atoms with Crippen LogP contribution in [0.1, 0.15) is 46.0 Å². The Morgan fingerprint density at radius 1 is 1.29 bits per heavy atom. The Hall–Kier alpha value is -1.05. The highest BCUT2D eigenvalue weighted by molar-refractivity contribution is 5.02. The molecule has 0 heterocycles. The highest BCUT2D eigenvalue weighted by atomic mass is 19.1. The minimum atomic E-state index is -0.213. The highest BCUT2D eigenvalue weighted by Gasteiger charge is 2.09. The fraction of sp³-hybridized carbons (Fsp3) is 0.600. The standard InChI is InChI=1S/C15H26FN/c1-6-13(3)15(5)17(7-2)12-10-8-9-11-14(4)16/h7,13H,2,4-6,8-12H2,1,3H3. The summed E-state index contributed by atoms with van der Waals surface area (Å²) in [6.07, 6.45) is 6.33. The Labute approximate surface area is 106 Å². The first kappa shape index (κ1) is 16.0. The highest BCUT2D eigenvalue weighted by Crippen LogP contribution is 2.18. The van der Waals surface area contributed by atoms with E-state index >= 15 is 0 Å². The molecule has 17 heavy (non-hydrogen) atoms. The van der Waals surface area contributed by atoms with Gasteiger partial charge in [-0.25, -0.2) is 4.39 Å². The first-order chi connectivity index (χ1) is 8.02. The maximum atomic E-state index is 12.4. The monoisotopic (exact) mass is 239 g/mol. The molecule has 0 spiro atoms. The molecule has 98 valence electrons. The lowest BCUT2D eigenvalue weighted by atomic mass is 10.0. The average Bonchev–Trinajstić information content (AvgIpc) is 2.31. The molecule has 0 aliphatic heterocycles. The van der Waals surface area contributed by atoms with Crippen LogP contribution < -0.4 is 0 Å². The molecule has 0 N–H and O–H groups in total. The summed E-state index contributed by atoms with van der Waals surface area (Å²) < 4.78 is 12.4. The van der Waals surface area contributed by atoms with E-state index in [0.717, 1.165) is 37.9 Å². The molecule has 0 fully saturated rings. The van der Waals surface area contributed by atoms with E-state index in [4.69, 9.17) is 0 Å². The zero-order valence-electron chi connectivity index (χ0n) is 11.3. The van der Waals surface area contributed by atoms with E-state index in [1.54, 1.807) is 0 Å². The van der Waals surface area contributed by atoms with Gasteiger partial charge in [-0.05, 0) is 37.8 Å². The van der Waals surface area contributed by atoms with Crippen LogP contribution in [0.15, 0.2) is 37.5 Å². The Morgan fingerprint density at radius 3 is 2.41 bits per heavy atom. The van der Waals surface area contributed by atoms with Gasteiger partial charge in [-0.1, -0.05) is 40.0 Å². The normalized spacial score (nSPS) is 11.9. The summed E-state index contributed by atoms with van der Waals surface area (Å²) >= 11 is 0. The summed E-state index contributed by atoms with van der Waals surface area (Å²) in [5.74, 6) is 0.271. The topological polar surface area (TPSA) is 3.24 Å². The molecule has 0 aromatic carbocycles. The molecule has 0 aliphatic rings. The van der Waals surface area contributed by atoms with Crippen molar-refractivity contribution in [3.63, 3.8) is 0 Å². The molecule has 0 aromatic heterocycles. The van der Waals surface area contributed by atoms with Gasteiger partial charge in [0.2, 0.25) is 0 Å². The Balaban J connectivity index is 3.86. The summed E-state index contributed by atoms with van der Waals surface area (Å²) in [4.78, 5) is 2.11. The summed E-state index contributed by atoms with van der Waals surface area (Å²) in [6, 6.07) is 0. The first-order valence-corrected chi connectivity index (χ1v) is 6.44. The van der Waals surface area contributed by atoms with E-state index in [1.165, 1.54) is 0 Å². The van der Waals surface area contributed by atoms with Crippen molar-refractivity contribution in [2.24, 2.45) is 5.92 Å². The fourth-order valence-corrected chi connectivity index (χ4v) is 1.65. The lowest BCUT2D eigenvalue weighted by Crippen LogP contribution is -2.21. The van der Waals surface area contributed by atoms with Crippen LogP contribution in [0.4, 0.5) is 4.39 Å². The van der Waals surface area contributed by atoms with Gasteiger partial charge in [0, 0.05) is 12.2 Å². The third-order valence-electron chi connectivity index (χ3n) is 3.12. The number of hydrogen-bond donors (Lipinski definition) is 0. The summed E-state index contributed by atoms with van der Waals surface area (Å²) in [5.41, 5.74) is 1.12. The van der Waals surface area contributed by atoms with Gasteiger partial charge in [-0.15, -0.1) is 0 Å². The molecule has 0 rings (SSSR count). The zero-order chi connectivity index (χ0) is 13.3. The van der Waals surface area contributed by atoms with Crippen molar-refractivity contribution < 1.29 is 4.39 Å². The van der Waals surface area contributed by atoms with Gasteiger partial charge in [0.25, 0.3) is 0 Å². The SMILES string of the molecule is C=CN(CCCCCC(=C)F)C(=C)C(C)CC. The van der Waals surface area contributed by atoms with E-state index in [9.17, 15) is 4.39 Å². The van der Waals surface area contributed by atoms with Gasteiger partial charge >= 0.3 is 0 Å². The van der Waals surface area contributed by atoms with Crippen molar-refractivity contribution in [3.8, 4) is 0 Å². The number of halogens is 1. The largest absolute Gasteiger partial charge is 0.352 e. The van der Waals surface area contributed by atoms with Crippen LogP contribution in [0.5, 0.6) is 0 Å². The van der Waals surface area contributed by atoms with Gasteiger partial charge < -0.3 is 4.90 Å². The summed E-state index contributed by atoms with van der Waals surface area (Å²) in [5, 5.41) is 0. The van der Waals surface area contributed by atoms with Crippen molar-refractivity contribution in [3.05, 3.63) is 37.5 Å². The second kappa shape index (κ2) is 9.03. The molecule has 0 radical (unpaired) electrons. The van der Waals surface area contributed by atoms with Crippen LogP contribution in [0, 0.1) is 5.92 Å². The summed E-state index contributed by atoms with van der Waals surface area (Å²) in [6.45, 7) is 16.4. The third kappa shape index (κ3) is 6.98. The first-order valence-electron chi connectivity index (χ1n) is 6.44. The molecular weight excluding hydrogens is 213 g/mol. The molecule has 0 amide bonds. The van der Waals surface area contributed by atoms with Gasteiger partial charge in [0.1, 0.15) is 0 Å². The number of allylic oxidation sites excluding steroid dienone is 2. The molecule has 1 unspecified atom stereocenters. The second-order valence-electron chi connectivity index (χ2n) is 4.50. The van der Waals surface area contributed by atoms with Crippen molar-refractivity contribution >= 4 is 0 Å². The Morgan fingerprint density at radius 2 is 1.94 bits per heavy atom. The predicted octanol–water partition coefficient (Wildman–Crippen LogP) is 5.04. The van der Waals surface area contributed by atoms with Crippen LogP contribution in [0.2, 0.25) is 0 Å². The zero-order valence-corrected chi connectivity index (χ0v) is 11.3. The lowest BCUT2D eigenvalue weighted by molar-refractivity contribution is 0.386. The van der Waals surface area contributed by atoms with E-state index in [2.05, 4.69) is 38.5 Å². The van der Waals surface area contributed by atoms with E-state index in [-0.39, 0.29) is 5.83 Å². The molecule has 1 atom stereocenters. The number of rotatable bonds is 10. The molecule has 0 saturated heterocycles. The van der Waals surface area contributed by atoms with Gasteiger partial charge in [0.15, 0.2) is 0 Å². The van der Waals surface area contributed by atoms with Crippen molar-refractivity contribution in [1.82, 2.24) is 4.90 Å². The second-order valence-corrected chi connectivity index (χ2v) is 4.50. The number of hydrogen-bond acceptors (Lipinski definition) is 1. The maximum Gasteiger partial charge on any atom is 0.0928 e. The number of unbranched alkanes of at least 4 members (excludes halogenated alkanes) is 2. The van der Waals surface area contributed by atoms with Crippen molar-refractivity contribution in [1.29, 1.82) is 0 Å². The van der Waals surface area contributed by atoms with E-state index < -0.39 is 0 Å². The molecule has 0 aromatic rings. The Bertz CT molecular complexity index is 258. The quantitative estimate of drug-likeness (QED) is 0.483. The molecule has 2 heteroatoms. The smallest absolute Gasteiger partial charge is 0.0928 e. The molecule has 0 bridgehead atoms. The van der Waals surface area contributed by atoms with E-state index in [0.29, 0.717) is 12.3 Å². The van der Waals surface area contributed by atoms with Crippen LogP contribution >= 0.6 is 0 Å². The van der Waals surface area contributed by atoms with Crippen LogP contribution in [0.25, 0.3) is 0 Å². The van der Waals surface area contributed by atoms with Crippen LogP contribution in [-0.2, 0) is 0 Å². The molecular formula is C15H26FN. The third-order valence-corrected chi connectivity index (χ3v) is 3.12. The van der Waals surface area contributed by atoms with Gasteiger partial charge in [0.05, 0.1) is 5.83 Å². The van der Waals surface area contributed by atoms with Crippen LogP contribution in [0.3, 0.4) is 0 Å². The van der Waals surface area contributed by atoms with Gasteiger partial charge in [-0.2, -0.15) is 0 Å². The minimum absolute atomic E-state index is 0.213. The van der Waals surface area contributed by atoms with Crippen molar-refractivity contribution in [2.75, 3.05) is 6.54 Å². The fourth-order valence-electron chi connectivity index (χ4n) is 1.65. The minimum Gasteiger partial charge on any atom is -0.352 e. The number of nitrogens with zero attached hydrogens (tertiary/aromatic N) is 1. The Kier molecular flexibility index (Phi) is 8.47. The molecule has 1 nitrogen and oxygen atoms in total. The van der Waals surface area contributed by atoms with E-state index in [1.807, 2.05) is 6.20 Å². The average molecular weight is 239 g/mol. The van der Waals surface area contributed by atoms with Crippen molar-refractivity contribution in [2.45, 2.75) is 46.0 Å². The van der Waals surface area contributed by atoms with Crippen LogP contribution in [-0.4, -0.2) is 11.4 Å². The summed E-state index contributed by atoms with van der Waals surface area (Å²) in [7, 11) is 0. The van der Waals surface area contributed by atoms with Gasteiger partial charge in [-0.3, -0.25) is 0 Å². The lowest BCUT2D eigenvalue weighted by Gasteiger charge is -2.26. The maximum absolute atomic E-state index is 12.4. The molecule has 0 aliphatic carbocycles. The molecule has 0 saturated carbocycles.